The second kappa shape index (κ2) is 7.73. The molecule has 0 atom stereocenters. The normalized spacial score (nSPS) is 13.8. The molecule has 0 saturated carbocycles. The van der Waals surface area contributed by atoms with Gasteiger partial charge in [-0.15, -0.1) is 0 Å². The first-order chi connectivity index (χ1) is 12.2. The maximum atomic E-state index is 9.37. The lowest BCUT2D eigenvalue weighted by molar-refractivity contribution is 1.04. The highest BCUT2D eigenvalue weighted by Gasteiger charge is 2.30. The van der Waals surface area contributed by atoms with E-state index in [9.17, 15) is 10.5 Å². The summed E-state index contributed by atoms with van der Waals surface area (Å²) in [4.78, 5) is 4.32. The lowest BCUT2D eigenvalue weighted by Gasteiger charge is -2.03. The van der Waals surface area contributed by atoms with E-state index in [2.05, 4.69) is 16.2 Å². The average Bonchev–Trinajstić information content (AvgIpc) is 3.02. The molecule has 1 aromatic carbocycles. The molecular weight excluding hydrogens is 314 g/mol. The van der Waals surface area contributed by atoms with E-state index in [0.717, 1.165) is 5.56 Å². The van der Waals surface area contributed by atoms with E-state index in [1.165, 1.54) is 0 Å². The van der Waals surface area contributed by atoms with E-state index < -0.39 is 5.57 Å². The predicted molar refractivity (Wildman–Crippen MR) is 88.5 cm³/mol. The molecule has 0 aliphatic carbocycles. The first-order valence-corrected chi connectivity index (χ1v) is 6.95. The summed E-state index contributed by atoms with van der Waals surface area (Å²) in [5.74, 6) is 2.32. The molecular formula is C18H9N7. The summed E-state index contributed by atoms with van der Waals surface area (Å²) in [6, 6.07) is 16.2. The Morgan fingerprint density at radius 2 is 1.72 bits per heavy atom. The highest BCUT2D eigenvalue weighted by atomic mass is 15.0. The van der Waals surface area contributed by atoms with Crippen molar-refractivity contribution in [2.24, 2.45) is 4.99 Å². The van der Waals surface area contributed by atoms with Crippen molar-refractivity contribution in [1.29, 1.82) is 26.5 Å². The molecule has 1 heterocycles. The zero-order valence-corrected chi connectivity index (χ0v) is 12.8. The van der Waals surface area contributed by atoms with Gasteiger partial charge in [-0.25, -0.2) is 0 Å². The molecule has 25 heavy (non-hydrogen) atoms. The second-order valence-electron chi connectivity index (χ2n) is 4.72. The maximum absolute atomic E-state index is 9.37. The molecule has 2 N–H and O–H groups in total. The maximum Gasteiger partial charge on any atom is 0.149 e. The summed E-state index contributed by atoms with van der Waals surface area (Å²) in [7, 11) is 0. The van der Waals surface area contributed by atoms with E-state index in [4.69, 9.17) is 15.9 Å². The fourth-order valence-corrected chi connectivity index (χ4v) is 2.15. The van der Waals surface area contributed by atoms with E-state index in [1.807, 2.05) is 36.4 Å². The molecule has 0 aromatic heterocycles. The molecule has 0 fully saturated rings. The Labute approximate surface area is 143 Å². The number of amidine groups is 1. The van der Waals surface area contributed by atoms with Crippen LogP contribution in [0.5, 0.6) is 0 Å². The molecule has 1 aliphatic rings. The zero-order chi connectivity index (χ0) is 18.2. The highest BCUT2D eigenvalue weighted by molar-refractivity contribution is 6.14. The molecule has 0 radical (unpaired) electrons. The minimum atomic E-state index is -0.425. The van der Waals surface area contributed by atoms with Crippen LogP contribution in [0.3, 0.4) is 0 Å². The molecule has 0 spiro atoms. The van der Waals surface area contributed by atoms with Crippen molar-refractivity contribution in [3.05, 3.63) is 63.9 Å². The number of rotatable bonds is 3. The van der Waals surface area contributed by atoms with Gasteiger partial charge in [-0.3, -0.25) is 10.4 Å². The van der Waals surface area contributed by atoms with Crippen molar-refractivity contribution in [3.8, 4) is 24.3 Å². The van der Waals surface area contributed by atoms with Gasteiger partial charge in [0.2, 0.25) is 0 Å². The smallest absolute Gasteiger partial charge is 0.149 e. The molecule has 0 amide bonds. The topological polar surface area (TPSA) is 143 Å². The van der Waals surface area contributed by atoms with Crippen LogP contribution in [0, 0.1) is 50.7 Å². The third kappa shape index (κ3) is 3.34. The van der Waals surface area contributed by atoms with E-state index >= 15 is 0 Å². The Morgan fingerprint density at radius 3 is 2.24 bits per heavy atom. The average molecular weight is 323 g/mol. The van der Waals surface area contributed by atoms with Gasteiger partial charge >= 0.3 is 0 Å². The van der Waals surface area contributed by atoms with Crippen LogP contribution in [0.2, 0.25) is 0 Å². The lowest BCUT2D eigenvalue weighted by atomic mass is 10.0. The molecule has 1 aliphatic heterocycles. The zero-order valence-electron chi connectivity index (χ0n) is 12.8. The number of nitrogens with one attached hydrogen (secondary N) is 2. The number of benzene rings is 1. The van der Waals surface area contributed by atoms with Gasteiger partial charge in [-0.2, -0.15) is 21.0 Å². The first-order valence-electron chi connectivity index (χ1n) is 6.95. The predicted octanol–water partition coefficient (Wildman–Crippen LogP) is 2.01. The van der Waals surface area contributed by atoms with Gasteiger partial charge in [0, 0.05) is 0 Å². The fraction of sp³-hybridized carbons (Fsp3) is 0.0556. The van der Waals surface area contributed by atoms with Crippen molar-refractivity contribution in [2.45, 2.75) is 6.54 Å². The summed E-state index contributed by atoms with van der Waals surface area (Å²) < 4.78 is 0. The largest absolute Gasteiger partial charge is 0.337 e. The SMILES string of the molecule is N#CC(C#N)=C(C#N)C1=C(C#N)C(=C=N)C(=NCc2ccccc2)N1. The summed E-state index contributed by atoms with van der Waals surface area (Å²) in [6.45, 7) is 0.287. The van der Waals surface area contributed by atoms with E-state index in [-0.39, 0.29) is 34.8 Å². The summed E-state index contributed by atoms with van der Waals surface area (Å²) in [5, 5.41) is 46.8. The summed E-state index contributed by atoms with van der Waals surface area (Å²) in [6.07, 6.45) is 0. The van der Waals surface area contributed by atoms with Crippen molar-refractivity contribution in [2.75, 3.05) is 0 Å². The Morgan fingerprint density at radius 1 is 1.04 bits per heavy atom. The van der Waals surface area contributed by atoms with Crippen LogP contribution in [-0.4, -0.2) is 11.7 Å². The number of aliphatic imine (C=N–C) groups is 1. The van der Waals surface area contributed by atoms with Crippen molar-refractivity contribution in [1.82, 2.24) is 5.32 Å². The summed E-state index contributed by atoms with van der Waals surface area (Å²) >= 11 is 0. The van der Waals surface area contributed by atoms with Gasteiger partial charge in [0.1, 0.15) is 41.3 Å². The molecule has 0 saturated heterocycles. The molecule has 2 rings (SSSR count). The molecule has 7 nitrogen and oxygen atoms in total. The van der Waals surface area contributed by atoms with Gasteiger partial charge in [-0.05, 0) is 11.4 Å². The minimum absolute atomic E-state index is 0.00957. The third-order valence-corrected chi connectivity index (χ3v) is 3.31. The van der Waals surface area contributed by atoms with Crippen molar-refractivity contribution < 1.29 is 0 Å². The van der Waals surface area contributed by atoms with Gasteiger partial charge in [0.15, 0.2) is 0 Å². The lowest BCUT2D eigenvalue weighted by Crippen LogP contribution is -2.19. The minimum Gasteiger partial charge on any atom is -0.337 e. The second-order valence-corrected chi connectivity index (χ2v) is 4.72. The Kier molecular flexibility index (Phi) is 5.24. The van der Waals surface area contributed by atoms with Crippen LogP contribution < -0.4 is 5.32 Å². The Bertz CT molecular complexity index is 1010. The Balaban J connectivity index is 2.51. The van der Waals surface area contributed by atoms with Crippen LogP contribution in [-0.2, 0) is 6.54 Å². The molecule has 1 aromatic rings. The van der Waals surface area contributed by atoms with Crippen LogP contribution in [0.4, 0.5) is 0 Å². The van der Waals surface area contributed by atoms with Crippen LogP contribution in [0.15, 0.2) is 63.3 Å². The molecule has 7 heteroatoms. The van der Waals surface area contributed by atoms with Crippen molar-refractivity contribution in [3.63, 3.8) is 0 Å². The molecule has 0 unspecified atom stereocenters. The van der Waals surface area contributed by atoms with E-state index in [0.29, 0.717) is 0 Å². The number of hydrogen-bond acceptors (Lipinski definition) is 6. The number of hydrogen-bond donors (Lipinski definition) is 2. The monoisotopic (exact) mass is 323 g/mol. The number of nitriles is 4. The van der Waals surface area contributed by atoms with Gasteiger partial charge in [-0.1, -0.05) is 30.3 Å². The quantitative estimate of drug-likeness (QED) is 0.645. The molecule has 0 bridgehead atoms. The highest BCUT2D eigenvalue weighted by Crippen LogP contribution is 2.26. The standard InChI is InChI=1S/C18H9N7/c19-6-13(7-20)14(8-21)17-15(9-22)16(10-23)18(25-17)24-11-12-4-2-1-3-5-12/h1-5,23H,11H2,(H,24,25). The van der Waals surface area contributed by atoms with Crippen LogP contribution in [0.1, 0.15) is 5.56 Å². The first kappa shape index (κ1) is 16.9. The van der Waals surface area contributed by atoms with Gasteiger partial charge < -0.3 is 5.32 Å². The van der Waals surface area contributed by atoms with Crippen LogP contribution in [0.25, 0.3) is 0 Å². The fourth-order valence-electron chi connectivity index (χ4n) is 2.15. The molecule has 116 valence electrons. The van der Waals surface area contributed by atoms with Crippen molar-refractivity contribution >= 4 is 11.7 Å². The number of allylic oxidation sites excluding steroid dienone is 2. The summed E-state index contributed by atoms with van der Waals surface area (Å²) in [5.41, 5.74) is 0.243. The van der Waals surface area contributed by atoms with Gasteiger partial charge in [0.05, 0.1) is 23.4 Å². The van der Waals surface area contributed by atoms with E-state index in [1.54, 1.807) is 18.2 Å². The van der Waals surface area contributed by atoms with Gasteiger partial charge in [0.25, 0.3) is 0 Å². The number of nitrogens with zero attached hydrogens (tertiary/aromatic N) is 5. The Hall–Kier alpha value is -4.42. The third-order valence-electron chi connectivity index (χ3n) is 3.31. The van der Waals surface area contributed by atoms with Crippen LogP contribution >= 0.6 is 0 Å².